The molecule has 0 aliphatic heterocycles. The van der Waals surface area contributed by atoms with Gasteiger partial charge in [0.05, 0.1) is 26.4 Å². The van der Waals surface area contributed by atoms with Crippen LogP contribution in [0.25, 0.3) is 0 Å². The molecule has 2 aromatic carbocycles. The summed E-state index contributed by atoms with van der Waals surface area (Å²) in [5.74, 6) is 1.34. The van der Waals surface area contributed by atoms with Gasteiger partial charge < -0.3 is 28.4 Å². The van der Waals surface area contributed by atoms with E-state index in [1.807, 2.05) is 39.8 Å². The van der Waals surface area contributed by atoms with Crippen molar-refractivity contribution in [2.75, 3.05) is 26.4 Å². The van der Waals surface area contributed by atoms with Gasteiger partial charge in [0.2, 0.25) is 11.5 Å². The fourth-order valence-corrected chi connectivity index (χ4v) is 4.01. The van der Waals surface area contributed by atoms with Crippen LogP contribution in [0.3, 0.4) is 0 Å². The molecular formula is C31H40O8. The van der Waals surface area contributed by atoms with Crippen LogP contribution in [0.1, 0.15) is 65.5 Å². The molecule has 8 nitrogen and oxygen atoms in total. The van der Waals surface area contributed by atoms with Crippen molar-refractivity contribution in [2.45, 2.75) is 60.8 Å². The average molecular weight is 541 g/mol. The van der Waals surface area contributed by atoms with E-state index in [4.69, 9.17) is 28.4 Å². The maximum absolute atomic E-state index is 12.1. The SMILES string of the molecule is CC=CC(=O)Oc1ccc(CC(C)c2ccc(OC(=O)C=CC)c(OCC)c2OCC)c(OCC)c1OCC. The van der Waals surface area contributed by atoms with Crippen LogP contribution in [-0.2, 0) is 16.0 Å². The number of carbonyl (C=O) groups excluding carboxylic acids is 2. The van der Waals surface area contributed by atoms with Gasteiger partial charge in [0.1, 0.15) is 0 Å². The number of allylic oxidation sites excluding steroid dienone is 2. The highest BCUT2D eigenvalue weighted by atomic mass is 16.6. The lowest BCUT2D eigenvalue weighted by molar-refractivity contribution is -0.130. The highest BCUT2D eigenvalue weighted by molar-refractivity contribution is 5.85. The second kappa shape index (κ2) is 16.1. The van der Waals surface area contributed by atoms with Gasteiger partial charge in [0.15, 0.2) is 23.0 Å². The van der Waals surface area contributed by atoms with Crippen LogP contribution < -0.4 is 28.4 Å². The van der Waals surface area contributed by atoms with Crippen LogP contribution in [0.5, 0.6) is 34.5 Å². The van der Waals surface area contributed by atoms with Gasteiger partial charge in [0.25, 0.3) is 0 Å². The van der Waals surface area contributed by atoms with Gasteiger partial charge in [-0.05, 0) is 71.6 Å². The lowest BCUT2D eigenvalue weighted by Crippen LogP contribution is -2.11. The molecule has 0 spiro atoms. The molecular weight excluding hydrogens is 500 g/mol. The van der Waals surface area contributed by atoms with Gasteiger partial charge in [0, 0.05) is 17.7 Å². The molecule has 8 heteroatoms. The summed E-state index contributed by atoms with van der Waals surface area (Å²) in [4.78, 5) is 24.3. The molecule has 2 rings (SSSR count). The van der Waals surface area contributed by atoms with E-state index in [-0.39, 0.29) is 5.92 Å². The van der Waals surface area contributed by atoms with E-state index in [0.29, 0.717) is 67.3 Å². The zero-order valence-corrected chi connectivity index (χ0v) is 24.0. The molecule has 0 radical (unpaired) electrons. The van der Waals surface area contributed by atoms with E-state index in [1.54, 1.807) is 38.1 Å². The molecule has 0 aliphatic carbocycles. The van der Waals surface area contributed by atoms with Crippen molar-refractivity contribution in [3.63, 3.8) is 0 Å². The summed E-state index contributed by atoms with van der Waals surface area (Å²) in [6, 6.07) is 7.20. The van der Waals surface area contributed by atoms with Crippen LogP contribution in [0.15, 0.2) is 48.6 Å². The van der Waals surface area contributed by atoms with Gasteiger partial charge in [-0.3, -0.25) is 0 Å². The summed E-state index contributed by atoms with van der Waals surface area (Å²) in [7, 11) is 0. The Labute approximate surface area is 231 Å². The lowest BCUT2D eigenvalue weighted by Gasteiger charge is -2.23. The molecule has 212 valence electrons. The van der Waals surface area contributed by atoms with Gasteiger partial charge in [-0.2, -0.15) is 0 Å². The lowest BCUT2D eigenvalue weighted by atomic mass is 9.91. The minimum atomic E-state index is -0.498. The number of esters is 2. The molecule has 0 amide bonds. The summed E-state index contributed by atoms with van der Waals surface area (Å²) in [5, 5.41) is 0. The fraction of sp³-hybridized carbons (Fsp3) is 0.419. The Bertz CT molecular complexity index is 1170. The third kappa shape index (κ3) is 8.53. The summed E-state index contributed by atoms with van der Waals surface area (Å²) in [6.07, 6.45) is 6.47. The molecule has 0 saturated carbocycles. The number of carbonyl (C=O) groups is 2. The zero-order valence-electron chi connectivity index (χ0n) is 24.0. The van der Waals surface area contributed by atoms with Crippen molar-refractivity contribution in [3.05, 3.63) is 59.7 Å². The first kappa shape index (κ1) is 31.3. The van der Waals surface area contributed by atoms with Crippen molar-refractivity contribution < 1.29 is 38.0 Å². The third-order valence-corrected chi connectivity index (χ3v) is 5.50. The zero-order chi connectivity index (χ0) is 28.8. The molecule has 0 aliphatic rings. The Morgan fingerprint density at radius 1 is 0.667 bits per heavy atom. The quantitative estimate of drug-likeness (QED) is 0.142. The largest absolute Gasteiger partial charge is 0.490 e. The van der Waals surface area contributed by atoms with Crippen LogP contribution in [-0.4, -0.2) is 38.4 Å². The Morgan fingerprint density at radius 3 is 1.59 bits per heavy atom. The molecule has 0 aromatic heterocycles. The Hall–Kier alpha value is -3.94. The van der Waals surface area contributed by atoms with E-state index < -0.39 is 11.9 Å². The first-order valence-electron chi connectivity index (χ1n) is 13.4. The van der Waals surface area contributed by atoms with Crippen LogP contribution in [0, 0.1) is 0 Å². The van der Waals surface area contributed by atoms with Crippen molar-refractivity contribution in [2.24, 2.45) is 0 Å². The maximum atomic E-state index is 12.1. The normalized spacial score (nSPS) is 11.9. The van der Waals surface area contributed by atoms with Gasteiger partial charge in [-0.1, -0.05) is 31.2 Å². The van der Waals surface area contributed by atoms with E-state index >= 15 is 0 Å². The first-order valence-corrected chi connectivity index (χ1v) is 13.4. The predicted molar refractivity (Wildman–Crippen MR) is 151 cm³/mol. The van der Waals surface area contributed by atoms with Crippen molar-refractivity contribution in [1.29, 1.82) is 0 Å². The highest BCUT2D eigenvalue weighted by Crippen LogP contribution is 2.46. The van der Waals surface area contributed by atoms with E-state index in [1.165, 1.54) is 12.2 Å². The maximum Gasteiger partial charge on any atom is 0.335 e. The van der Waals surface area contributed by atoms with Crippen LogP contribution in [0.4, 0.5) is 0 Å². The van der Waals surface area contributed by atoms with Crippen molar-refractivity contribution in [1.82, 2.24) is 0 Å². The third-order valence-electron chi connectivity index (χ3n) is 5.50. The Kier molecular flexibility index (Phi) is 12.9. The number of benzene rings is 2. The number of hydrogen-bond acceptors (Lipinski definition) is 8. The smallest absolute Gasteiger partial charge is 0.335 e. The van der Waals surface area contributed by atoms with E-state index in [9.17, 15) is 9.59 Å². The number of rotatable bonds is 15. The van der Waals surface area contributed by atoms with Gasteiger partial charge in [-0.25, -0.2) is 9.59 Å². The Morgan fingerprint density at radius 2 is 1.10 bits per heavy atom. The second-order valence-corrected chi connectivity index (χ2v) is 8.37. The number of ether oxygens (including phenoxy) is 6. The molecule has 2 aromatic rings. The average Bonchev–Trinajstić information content (AvgIpc) is 2.89. The molecule has 0 N–H and O–H groups in total. The molecule has 39 heavy (non-hydrogen) atoms. The second-order valence-electron chi connectivity index (χ2n) is 8.37. The summed E-state index contributed by atoms with van der Waals surface area (Å²) in [6.45, 7) is 14.6. The summed E-state index contributed by atoms with van der Waals surface area (Å²) < 4.78 is 34.9. The molecule has 0 saturated heterocycles. The van der Waals surface area contributed by atoms with Gasteiger partial charge >= 0.3 is 11.9 Å². The van der Waals surface area contributed by atoms with Crippen molar-refractivity contribution in [3.8, 4) is 34.5 Å². The van der Waals surface area contributed by atoms with Crippen molar-refractivity contribution >= 4 is 11.9 Å². The molecule has 0 bridgehead atoms. The van der Waals surface area contributed by atoms with Gasteiger partial charge in [-0.15, -0.1) is 0 Å². The standard InChI is InChI=1S/C31H40O8/c1-8-14-26(32)38-24-18-16-22(28(34-10-3)30(24)36-12-5)20-21(7)23-17-19-25(39-27(33)15-9-2)31(37-13-6)29(23)35-11-4/h8-9,14-19,21H,10-13,20H2,1-7H3. The van der Waals surface area contributed by atoms with E-state index in [2.05, 4.69) is 6.92 Å². The van der Waals surface area contributed by atoms with E-state index in [0.717, 1.165) is 11.1 Å². The monoisotopic (exact) mass is 540 g/mol. The number of hydrogen-bond donors (Lipinski definition) is 0. The van der Waals surface area contributed by atoms with Crippen LogP contribution in [0.2, 0.25) is 0 Å². The Balaban J connectivity index is 2.55. The highest BCUT2D eigenvalue weighted by Gasteiger charge is 2.25. The van der Waals surface area contributed by atoms with Crippen LogP contribution >= 0.6 is 0 Å². The summed E-state index contributed by atoms with van der Waals surface area (Å²) in [5.41, 5.74) is 1.76. The predicted octanol–water partition coefficient (Wildman–Crippen LogP) is 6.59. The minimum Gasteiger partial charge on any atom is -0.490 e. The molecule has 0 heterocycles. The first-order chi connectivity index (χ1) is 18.8. The molecule has 1 unspecified atom stereocenters. The molecule has 1 atom stereocenters. The molecule has 0 fully saturated rings. The summed E-state index contributed by atoms with van der Waals surface area (Å²) >= 11 is 0. The topological polar surface area (TPSA) is 89.5 Å². The fourth-order valence-electron chi connectivity index (χ4n) is 4.01. The minimum absolute atomic E-state index is 0.0591.